The number of amides is 1. The van der Waals surface area contributed by atoms with Gasteiger partial charge in [-0.1, -0.05) is 42.5 Å². The number of ether oxygens (including phenoxy) is 1. The van der Waals surface area contributed by atoms with Gasteiger partial charge in [0, 0.05) is 4.90 Å². The number of thioether (sulfide) groups is 1. The van der Waals surface area contributed by atoms with Crippen LogP contribution in [-0.4, -0.2) is 37.4 Å². The second kappa shape index (κ2) is 10.0. The molecular formula is C19H24N2O2S. The average molecular weight is 344 g/mol. The molecule has 24 heavy (non-hydrogen) atoms. The van der Waals surface area contributed by atoms with Gasteiger partial charge in [0.25, 0.3) is 0 Å². The first kappa shape index (κ1) is 18.4. The van der Waals surface area contributed by atoms with E-state index in [1.54, 1.807) is 11.8 Å². The molecule has 0 unspecified atom stereocenters. The second-order valence-electron chi connectivity index (χ2n) is 5.69. The molecule has 0 spiro atoms. The topological polar surface area (TPSA) is 41.6 Å². The highest BCUT2D eigenvalue weighted by atomic mass is 32.2. The van der Waals surface area contributed by atoms with E-state index in [1.807, 2.05) is 54.6 Å². The van der Waals surface area contributed by atoms with Crippen molar-refractivity contribution in [2.45, 2.75) is 17.9 Å². The van der Waals surface area contributed by atoms with E-state index in [-0.39, 0.29) is 6.61 Å². The summed E-state index contributed by atoms with van der Waals surface area (Å²) >= 11 is 1.75. The number of anilines is 1. The predicted molar refractivity (Wildman–Crippen MR) is 101 cm³/mol. The molecule has 0 atom stereocenters. The summed E-state index contributed by atoms with van der Waals surface area (Å²) in [5, 5.41) is 2.84. The Morgan fingerprint density at radius 3 is 2.54 bits per heavy atom. The summed E-state index contributed by atoms with van der Waals surface area (Å²) in [4.78, 5) is 15.2. The Hall–Kier alpha value is -1.98. The third-order valence-corrected chi connectivity index (χ3v) is 4.50. The summed E-state index contributed by atoms with van der Waals surface area (Å²) in [6, 6.07) is 17.5. The molecule has 2 aromatic carbocycles. The number of hydrogen-bond acceptors (Lipinski definition) is 4. The maximum absolute atomic E-state index is 12.0. The summed E-state index contributed by atoms with van der Waals surface area (Å²) in [5.41, 5.74) is 1.77. The molecule has 0 saturated heterocycles. The summed E-state index contributed by atoms with van der Waals surface area (Å²) in [6.45, 7) is 1.33. The van der Waals surface area contributed by atoms with Crippen LogP contribution < -0.4 is 5.32 Å². The normalized spacial score (nSPS) is 10.6. The van der Waals surface area contributed by atoms with Gasteiger partial charge in [-0.05, 0) is 50.5 Å². The minimum Gasteiger partial charge on any atom is -0.444 e. The van der Waals surface area contributed by atoms with Gasteiger partial charge >= 0.3 is 6.09 Å². The zero-order valence-corrected chi connectivity index (χ0v) is 15.0. The number of benzene rings is 2. The van der Waals surface area contributed by atoms with Crippen molar-refractivity contribution in [3.8, 4) is 0 Å². The predicted octanol–water partition coefficient (Wildman–Crippen LogP) is 4.48. The van der Waals surface area contributed by atoms with Gasteiger partial charge in [-0.15, -0.1) is 11.8 Å². The smallest absolute Gasteiger partial charge is 0.411 e. The molecule has 2 aromatic rings. The van der Waals surface area contributed by atoms with Crippen LogP contribution in [-0.2, 0) is 11.3 Å². The molecule has 0 aliphatic rings. The molecule has 0 radical (unpaired) electrons. The summed E-state index contributed by atoms with van der Waals surface area (Å²) < 4.78 is 5.28. The lowest BCUT2D eigenvalue weighted by Crippen LogP contribution is -2.14. The van der Waals surface area contributed by atoms with Gasteiger partial charge in [0.05, 0.1) is 5.69 Å². The van der Waals surface area contributed by atoms with Crippen molar-refractivity contribution in [1.82, 2.24) is 4.90 Å². The molecule has 0 aliphatic carbocycles. The molecular weight excluding hydrogens is 320 g/mol. The van der Waals surface area contributed by atoms with E-state index in [2.05, 4.69) is 24.3 Å². The highest BCUT2D eigenvalue weighted by Gasteiger charge is 2.08. The van der Waals surface area contributed by atoms with Crippen LogP contribution in [0.4, 0.5) is 10.5 Å². The lowest BCUT2D eigenvalue weighted by atomic mass is 10.2. The third kappa shape index (κ3) is 6.64. The Bertz CT molecular complexity index is 632. The minimum atomic E-state index is -0.430. The van der Waals surface area contributed by atoms with Crippen LogP contribution in [0, 0.1) is 0 Å². The minimum absolute atomic E-state index is 0.269. The average Bonchev–Trinajstić information content (AvgIpc) is 2.59. The number of para-hydroxylation sites is 1. The van der Waals surface area contributed by atoms with Crippen molar-refractivity contribution in [1.29, 1.82) is 0 Å². The van der Waals surface area contributed by atoms with Crippen molar-refractivity contribution in [3.05, 3.63) is 60.2 Å². The molecule has 5 heteroatoms. The van der Waals surface area contributed by atoms with Crippen molar-refractivity contribution in [3.63, 3.8) is 0 Å². The van der Waals surface area contributed by atoms with Crippen LogP contribution in [0.5, 0.6) is 0 Å². The van der Waals surface area contributed by atoms with Crippen LogP contribution in [0.25, 0.3) is 0 Å². The van der Waals surface area contributed by atoms with Crippen molar-refractivity contribution < 1.29 is 9.53 Å². The first-order valence-electron chi connectivity index (χ1n) is 7.99. The Morgan fingerprint density at radius 1 is 1.08 bits per heavy atom. The quantitative estimate of drug-likeness (QED) is 0.566. The Kier molecular flexibility index (Phi) is 7.65. The van der Waals surface area contributed by atoms with E-state index in [0.29, 0.717) is 0 Å². The third-order valence-electron chi connectivity index (χ3n) is 3.34. The Balaban J connectivity index is 1.83. The van der Waals surface area contributed by atoms with Crippen LogP contribution >= 0.6 is 11.8 Å². The number of nitrogens with one attached hydrogen (secondary N) is 1. The van der Waals surface area contributed by atoms with Gasteiger partial charge in [0.1, 0.15) is 6.61 Å². The highest BCUT2D eigenvalue weighted by molar-refractivity contribution is 7.99. The van der Waals surface area contributed by atoms with E-state index < -0.39 is 6.09 Å². The van der Waals surface area contributed by atoms with E-state index in [9.17, 15) is 4.79 Å². The molecule has 1 amide bonds. The summed E-state index contributed by atoms with van der Waals surface area (Å²) in [5.74, 6) is 1.01. The molecule has 4 nitrogen and oxygen atoms in total. The fraction of sp³-hybridized carbons (Fsp3) is 0.316. The fourth-order valence-corrected chi connectivity index (χ4v) is 3.07. The van der Waals surface area contributed by atoms with Crippen molar-refractivity contribution in [2.75, 3.05) is 31.7 Å². The van der Waals surface area contributed by atoms with Gasteiger partial charge < -0.3 is 9.64 Å². The lowest BCUT2D eigenvalue weighted by molar-refractivity contribution is 0.155. The van der Waals surface area contributed by atoms with Gasteiger partial charge in [-0.25, -0.2) is 4.79 Å². The zero-order valence-electron chi connectivity index (χ0n) is 14.2. The number of hydrogen-bond donors (Lipinski definition) is 1. The van der Waals surface area contributed by atoms with E-state index in [1.165, 1.54) is 0 Å². The van der Waals surface area contributed by atoms with Crippen LogP contribution in [0.15, 0.2) is 59.5 Å². The van der Waals surface area contributed by atoms with E-state index in [0.717, 1.165) is 34.9 Å². The summed E-state index contributed by atoms with van der Waals surface area (Å²) in [7, 11) is 4.14. The Labute approximate surface area is 148 Å². The first-order chi connectivity index (χ1) is 11.6. The van der Waals surface area contributed by atoms with Gasteiger partial charge in [-0.3, -0.25) is 5.32 Å². The van der Waals surface area contributed by atoms with E-state index >= 15 is 0 Å². The molecule has 0 aliphatic heterocycles. The lowest BCUT2D eigenvalue weighted by Gasteiger charge is -2.12. The number of carbonyl (C=O) groups excluding carboxylic acids is 1. The molecule has 0 bridgehead atoms. The summed E-state index contributed by atoms with van der Waals surface area (Å²) in [6.07, 6.45) is 0.671. The van der Waals surface area contributed by atoms with Gasteiger partial charge in [0.2, 0.25) is 0 Å². The first-order valence-corrected chi connectivity index (χ1v) is 8.98. The molecule has 0 fully saturated rings. The maximum atomic E-state index is 12.0. The molecule has 1 N–H and O–H groups in total. The van der Waals surface area contributed by atoms with Crippen molar-refractivity contribution >= 4 is 23.5 Å². The molecule has 2 rings (SSSR count). The van der Waals surface area contributed by atoms with Gasteiger partial charge in [0.15, 0.2) is 0 Å². The molecule has 0 saturated carbocycles. The number of rotatable bonds is 8. The monoisotopic (exact) mass is 344 g/mol. The molecule has 0 heterocycles. The SMILES string of the molecule is CN(C)CCCSc1ccccc1NC(=O)OCc1ccccc1. The maximum Gasteiger partial charge on any atom is 0.411 e. The van der Waals surface area contributed by atoms with Crippen LogP contribution in [0.2, 0.25) is 0 Å². The fourth-order valence-electron chi connectivity index (χ4n) is 2.13. The molecule has 0 aromatic heterocycles. The molecule has 128 valence electrons. The van der Waals surface area contributed by atoms with Crippen LogP contribution in [0.1, 0.15) is 12.0 Å². The van der Waals surface area contributed by atoms with Gasteiger partial charge in [-0.2, -0.15) is 0 Å². The van der Waals surface area contributed by atoms with Crippen LogP contribution in [0.3, 0.4) is 0 Å². The van der Waals surface area contributed by atoms with E-state index in [4.69, 9.17) is 4.74 Å². The Morgan fingerprint density at radius 2 is 1.79 bits per heavy atom. The number of nitrogens with zero attached hydrogens (tertiary/aromatic N) is 1. The highest BCUT2D eigenvalue weighted by Crippen LogP contribution is 2.27. The number of carbonyl (C=O) groups is 1. The van der Waals surface area contributed by atoms with Crippen molar-refractivity contribution in [2.24, 2.45) is 0 Å². The zero-order chi connectivity index (χ0) is 17.2. The second-order valence-corrected chi connectivity index (χ2v) is 6.82. The largest absolute Gasteiger partial charge is 0.444 e. The standard InChI is InChI=1S/C19H24N2O2S/c1-21(2)13-8-14-24-18-12-7-6-11-17(18)20-19(22)23-15-16-9-4-3-5-10-16/h3-7,9-12H,8,13-15H2,1-2H3,(H,20,22).